The number of nitrogens with two attached hydrogens (primary N) is 1. The number of rotatable bonds is 4. The van der Waals surface area contributed by atoms with Crippen LogP contribution in [0.2, 0.25) is 0 Å². The number of aromatic nitrogens is 1. The topological polar surface area (TPSA) is 127 Å². The van der Waals surface area contributed by atoms with Crippen LogP contribution in [0.1, 0.15) is 26.5 Å². The predicted octanol–water partition coefficient (Wildman–Crippen LogP) is 0.912. The van der Waals surface area contributed by atoms with Crippen molar-refractivity contribution in [3.63, 3.8) is 0 Å². The molecule has 2 rings (SSSR count). The van der Waals surface area contributed by atoms with Gasteiger partial charge in [0.25, 0.3) is 0 Å². The molecule has 2 heterocycles. The fraction of sp³-hybridized carbons (Fsp3) is 0.571. The Hall–Kier alpha value is -2.36. The SMILES string of the molecule is CC(C)(C)OC(=O)Nc1nc(CC(=O)NC2CN(C(N)=O)C2)cs1. The molecule has 1 aromatic heterocycles. The number of likely N-dealkylation sites (tertiary alicyclic amines) is 1. The number of nitrogens with one attached hydrogen (secondary N) is 2. The number of thiazole rings is 1. The zero-order chi connectivity index (χ0) is 17.9. The van der Waals surface area contributed by atoms with Gasteiger partial charge in [0.05, 0.1) is 18.2 Å². The molecule has 1 saturated heterocycles. The third-order valence-electron chi connectivity index (χ3n) is 3.06. The van der Waals surface area contributed by atoms with Crippen LogP contribution in [0.3, 0.4) is 0 Å². The third-order valence-corrected chi connectivity index (χ3v) is 3.87. The van der Waals surface area contributed by atoms with E-state index in [-0.39, 0.29) is 18.4 Å². The second-order valence-corrected chi connectivity index (χ2v) is 7.31. The van der Waals surface area contributed by atoms with E-state index in [9.17, 15) is 14.4 Å². The van der Waals surface area contributed by atoms with Crippen molar-refractivity contribution >= 4 is 34.5 Å². The number of hydrogen-bond donors (Lipinski definition) is 3. The van der Waals surface area contributed by atoms with E-state index in [4.69, 9.17) is 10.5 Å². The highest BCUT2D eigenvalue weighted by Crippen LogP contribution is 2.17. The van der Waals surface area contributed by atoms with Crippen LogP contribution in [-0.4, -0.2) is 52.6 Å². The lowest BCUT2D eigenvalue weighted by Crippen LogP contribution is -2.62. The van der Waals surface area contributed by atoms with Crippen LogP contribution in [0, 0.1) is 0 Å². The highest BCUT2D eigenvalue weighted by molar-refractivity contribution is 7.13. The van der Waals surface area contributed by atoms with Gasteiger partial charge in [-0.15, -0.1) is 11.3 Å². The molecule has 4 N–H and O–H groups in total. The summed E-state index contributed by atoms with van der Waals surface area (Å²) in [6.07, 6.45) is -0.492. The number of carbonyl (C=O) groups excluding carboxylic acids is 3. The number of urea groups is 1. The van der Waals surface area contributed by atoms with Gasteiger partial charge in [-0.05, 0) is 20.8 Å². The third kappa shape index (κ3) is 5.37. The Morgan fingerprint density at radius 1 is 1.42 bits per heavy atom. The predicted molar refractivity (Wildman–Crippen MR) is 88.8 cm³/mol. The second kappa shape index (κ2) is 7.04. The lowest BCUT2D eigenvalue weighted by atomic mass is 10.1. The molecule has 1 aromatic rings. The lowest BCUT2D eigenvalue weighted by Gasteiger charge is -2.38. The summed E-state index contributed by atoms with van der Waals surface area (Å²) in [5.41, 5.74) is 5.07. The fourth-order valence-corrected chi connectivity index (χ4v) is 2.73. The number of anilines is 1. The minimum Gasteiger partial charge on any atom is -0.444 e. The summed E-state index contributed by atoms with van der Waals surface area (Å²) in [6.45, 7) is 6.14. The Labute approximate surface area is 143 Å². The molecular formula is C14H21N5O4S. The van der Waals surface area contributed by atoms with Crippen molar-refractivity contribution in [2.24, 2.45) is 5.73 Å². The van der Waals surface area contributed by atoms with Gasteiger partial charge in [-0.2, -0.15) is 0 Å². The minimum absolute atomic E-state index is 0.0806. The molecule has 0 unspecified atom stereocenters. The Morgan fingerprint density at radius 3 is 2.67 bits per heavy atom. The Bertz CT molecular complexity index is 633. The van der Waals surface area contributed by atoms with Crippen molar-refractivity contribution in [2.45, 2.75) is 38.8 Å². The molecule has 132 valence electrons. The molecule has 0 radical (unpaired) electrons. The van der Waals surface area contributed by atoms with Gasteiger partial charge in [0.2, 0.25) is 5.91 Å². The largest absolute Gasteiger partial charge is 0.444 e. The first kappa shape index (κ1) is 18.0. The summed E-state index contributed by atoms with van der Waals surface area (Å²) < 4.78 is 5.13. The molecule has 24 heavy (non-hydrogen) atoms. The Kier molecular flexibility index (Phi) is 5.27. The number of primary amides is 1. The van der Waals surface area contributed by atoms with E-state index < -0.39 is 17.7 Å². The molecule has 9 nitrogen and oxygen atoms in total. The average molecular weight is 355 g/mol. The van der Waals surface area contributed by atoms with Gasteiger partial charge in [0.15, 0.2) is 5.13 Å². The second-order valence-electron chi connectivity index (χ2n) is 6.46. The van der Waals surface area contributed by atoms with E-state index in [1.807, 2.05) is 0 Å². The van der Waals surface area contributed by atoms with Gasteiger partial charge in [-0.3, -0.25) is 10.1 Å². The molecule has 0 atom stereocenters. The monoisotopic (exact) mass is 355 g/mol. The molecule has 10 heteroatoms. The number of hydrogen-bond acceptors (Lipinski definition) is 6. The highest BCUT2D eigenvalue weighted by Gasteiger charge is 2.30. The van der Waals surface area contributed by atoms with Gasteiger partial charge < -0.3 is 20.7 Å². The van der Waals surface area contributed by atoms with E-state index in [0.29, 0.717) is 23.9 Å². The molecule has 0 aromatic carbocycles. The number of nitrogens with zero attached hydrogens (tertiary/aromatic N) is 2. The maximum absolute atomic E-state index is 11.9. The summed E-state index contributed by atoms with van der Waals surface area (Å²) >= 11 is 1.22. The van der Waals surface area contributed by atoms with Gasteiger partial charge >= 0.3 is 12.1 Å². The van der Waals surface area contributed by atoms with Crippen molar-refractivity contribution in [3.05, 3.63) is 11.1 Å². The molecule has 0 saturated carbocycles. The van der Waals surface area contributed by atoms with E-state index in [2.05, 4.69) is 15.6 Å². The lowest BCUT2D eigenvalue weighted by molar-refractivity contribution is -0.122. The molecule has 0 bridgehead atoms. The van der Waals surface area contributed by atoms with Crippen LogP contribution >= 0.6 is 11.3 Å². The van der Waals surface area contributed by atoms with E-state index in [1.54, 1.807) is 26.2 Å². The standard InChI is InChI=1S/C14H21N5O4S/c1-14(2,3)23-13(22)18-12-17-8(7-24-12)4-10(20)16-9-5-19(6-9)11(15)21/h7,9H,4-6H2,1-3H3,(H2,15,21)(H,16,20)(H,17,18,22). The van der Waals surface area contributed by atoms with Crippen LogP contribution < -0.4 is 16.4 Å². The van der Waals surface area contributed by atoms with Gasteiger partial charge in [-0.25, -0.2) is 14.6 Å². The molecular weight excluding hydrogens is 334 g/mol. The first-order chi connectivity index (χ1) is 11.1. The van der Waals surface area contributed by atoms with Crippen LogP contribution in [0.4, 0.5) is 14.7 Å². The molecule has 1 fully saturated rings. The summed E-state index contributed by atoms with van der Waals surface area (Å²) in [7, 11) is 0. The first-order valence-electron chi connectivity index (χ1n) is 7.40. The van der Waals surface area contributed by atoms with Crippen molar-refractivity contribution in [2.75, 3.05) is 18.4 Å². The Morgan fingerprint density at radius 2 is 2.08 bits per heavy atom. The maximum atomic E-state index is 11.9. The summed E-state index contributed by atoms with van der Waals surface area (Å²) in [5.74, 6) is -0.196. The molecule has 0 spiro atoms. The highest BCUT2D eigenvalue weighted by atomic mass is 32.1. The zero-order valence-electron chi connectivity index (χ0n) is 13.8. The van der Waals surface area contributed by atoms with Gasteiger partial charge in [0.1, 0.15) is 5.60 Å². The zero-order valence-corrected chi connectivity index (χ0v) is 14.6. The summed E-state index contributed by atoms with van der Waals surface area (Å²) in [6, 6.07) is -0.569. The van der Waals surface area contributed by atoms with Gasteiger partial charge in [-0.1, -0.05) is 0 Å². The summed E-state index contributed by atoms with van der Waals surface area (Å²) in [4.78, 5) is 40.0. The Balaban J connectivity index is 1.76. The fourth-order valence-electron chi connectivity index (χ4n) is 2.03. The maximum Gasteiger partial charge on any atom is 0.413 e. The van der Waals surface area contributed by atoms with Crippen LogP contribution in [0.15, 0.2) is 5.38 Å². The normalized spacial score (nSPS) is 14.7. The van der Waals surface area contributed by atoms with Crippen LogP contribution in [0.25, 0.3) is 0 Å². The first-order valence-corrected chi connectivity index (χ1v) is 8.28. The number of amides is 4. The average Bonchev–Trinajstić information content (AvgIpc) is 2.77. The van der Waals surface area contributed by atoms with Crippen molar-refractivity contribution in [1.29, 1.82) is 0 Å². The van der Waals surface area contributed by atoms with Crippen molar-refractivity contribution < 1.29 is 19.1 Å². The number of ether oxygens (including phenoxy) is 1. The smallest absolute Gasteiger partial charge is 0.413 e. The number of carbonyl (C=O) groups is 3. The molecule has 4 amide bonds. The molecule has 1 aliphatic heterocycles. The van der Waals surface area contributed by atoms with Crippen molar-refractivity contribution in [3.8, 4) is 0 Å². The van der Waals surface area contributed by atoms with E-state index in [0.717, 1.165) is 0 Å². The van der Waals surface area contributed by atoms with Crippen LogP contribution in [0.5, 0.6) is 0 Å². The minimum atomic E-state index is -0.592. The quantitative estimate of drug-likeness (QED) is 0.740. The summed E-state index contributed by atoms with van der Waals surface area (Å²) in [5, 5.41) is 7.39. The molecule has 0 aliphatic carbocycles. The van der Waals surface area contributed by atoms with Crippen molar-refractivity contribution in [1.82, 2.24) is 15.2 Å². The van der Waals surface area contributed by atoms with Crippen LogP contribution in [-0.2, 0) is 16.0 Å². The van der Waals surface area contributed by atoms with E-state index >= 15 is 0 Å². The van der Waals surface area contributed by atoms with Gasteiger partial charge in [0, 0.05) is 18.5 Å². The molecule has 1 aliphatic rings. The van der Waals surface area contributed by atoms with E-state index in [1.165, 1.54) is 16.2 Å².